The van der Waals surface area contributed by atoms with E-state index in [-0.39, 0.29) is 0 Å². The van der Waals surface area contributed by atoms with Crippen molar-refractivity contribution >= 4 is 11.6 Å². The van der Waals surface area contributed by atoms with E-state index < -0.39 is 0 Å². The number of nitrogens with zero attached hydrogens (tertiary/aromatic N) is 3. The highest BCUT2D eigenvalue weighted by Gasteiger charge is 2.18. The van der Waals surface area contributed by atoms with Gasteiger partial charge in [0.15, 0.2) is 0 Å². The zero-order chi connectivity index (χ0) is 15.1. The lowest BCUT2D eigenvalue weighted by atomic mass is 10.2. The second kappa shape index (κ2) is 8.17. The maximum atomic E-state index is 4.58. The summed E-state index contributed by atoms with van der Waals surface area (Å²) in [6, 6.07) is 2.76. The monoisotopic (exact) mass is 291 g/mol. The Morgan fingerprint density at radius 3 is 2.62 bits per heavy atom. The van der Waals surface area contributed by atoms with E-state index in [2.05, 4.69) is 39.5 Å². The summed E-state index contributed by atoms with van der Waals surface area (Å²) in [5.41, 5.74) is 0. The Morgan fingerprint density at radius 1 is 1.24 bits per heavy atom. The molecule has 5 nitrogen and oxygen atoms in total. The number of aryl methyl sites for hydroxylation is 1. The smallest absolute Gasteiger partial charge is 0.133 e. The summed E-state index contributed by atoms with van der Waals surface area (Å²) in [4.78, 5) is 11.5. The second-order valence-corrected chi connectivity index (χ2v) is 5.90. The molecule has 1 aliphatic rings. The van der Waals surface area contributed by atoms with Crippen LogP contribution in [0.15, 0.2) is 6.07 Å². The van der Waals surface area contributed by atoms with Crippen LogP contribution in [0.3, 0.4) is 0 Å². The van der Waals surface area contributed by atoms with Gasteiger partial charge in [-0.2, -0.15) is 0 Å². The Morgan fingerprint density at radius 2 is 1.95 bits per heavy atom. The van der Waals surface area contributed by atoms with Gasteiger partial charge in [-0.15, -0.1) is 0 Å². The molecule has 0 atom stereocenters. The van der Waals surface area contributed by atoms with E-state index in [4.69, 9.17) is 0 Å². The highest BCUT2D eigenvalue weighted by molar-refractivity contribution is 5.47. The Hall–Kier alpha value is -1.36. The molecule has 1 saturated carbocycles. The average Bonchev–Trinajstić information content (AvgIpc) is 3.01. The van der Waals surface area contributed by atoms with Crippen molar-refractivity contribution in [3.8, 4) is 0 Å². The molecular formula is C16H29N5. The van der Waals surface area contributed by atoms with Gasteiger partial charge >= 0.3 is 0 Å². The highest BCUT2D eigenvalue weighted by Crippen LogP contribution is 2.22. The van der Waals surface area contributed by atoms with Crippen LogP contribution in [0.25, 0.3) is 0 Å². The first-order valence-corrected chi connectivity index (χ1v) is 8.22. The van der Waals surface area contributed by atoms with E-state index >= 15 is 0 Å². The van der Waals surface area contributed by atoms with Crippen LogP contribution in [-0.4, -0.2) is 48.1 Å². The van der Waals surface area contributed by atoms with Gasteiger partial charge in [0, 0.05) is 38.7 Å². The number of rotatable bonds is 8. The molecule has 118 valence electrons. The fourth-order valence-electron chi connectivity index (χ4n) is 2.94. The molecule has 0 saturated heterocycles. The molecule has 2 N–H and O–H groups in total. The summed E-state index contributed by atoms with van der Waals surface area (Å²) in [6.07, 6.45) is 7.48. The molecule has 1 fully saturated rings. The normalized spacial score (nSPS) is 15.6. The topological polar surface area (TPSA) is 53.1 Å². The van der Waals surface area contributed by atoms with Gasteiger partial charge in [0.05, 0.1) is 0 Å². The predicted molar refractivity (Wildman–Crippen MR) is 88.9 cm³/mol. The second-order valence-electron chi connectivity index (χ2n) is 5.90. The fourth-order valence-corrected chi connectivity index (χ4v) is 2.94. The molecule has 2 rings (SSSR count). The van der Waals surface area contributed by atoms with E-state index in [9.17, 15) is 0 Å². The van der Waals surface area contributed by atoms with E-state index in [0.717, 1.165) is 49.4 Å². The maximum absolute atomic E-state index is 4.58. The first kappa shape index (κ1) is 16.0. The van der Waals surface area contributed by atoms with Gasteiger partial charge in [0.25, 0.3) is 0 Å². The van der Waals surface area contributed by atoms with Crippen molar-refractivity contribution in [2.75, 3.05) is 37.8 Å². The predicted octanol–water partition coefficient (Wildman–Crippen LogP) is 2.76. The minimum Gasteiger partial charge on any atom is -0.373 e. The molecule has 21 heavy (non-hydrogen) atoms. The third kappa shape index (κ3) is 4.84. The molecule has 0 aliphatic heterocycles. The van der Waals surface area contributed by atoms with Crippen LogP contribution in [0, 0.1) is 0 Å². The van der Waals surface area contributed by atoms with Crippen molar-refractivity contribution in [3.05, 3.63) is 11.9 Å². The lowest BCUT2D eigenvalue weighted by Crippen LogP contribution is -2.33. The van der Waals surface area contributed by atoms with Crippen LogP contribution < -0.4 is 10.6 Å². The number of aromatic nitrogens is 2. The van der Waals surface area contributed by atoms with Crippen molar-refractivity contribution < 1.29 is 0 Å². The van der Waals surface area contributed by atoms with Gasteiger partial charge in [-0.05, 0) is 26.3 Å². The molecule has 0 bridgehead atoms. The van der Waals surface area contributed by atoms with Gasteiger partial charge in [-0.1, -0.05) is 19.8 Å². The van der Waals surface area contributed by atoms with Crippen LogP contribution in [0.4, 0.5) is 11.6 Å². The minimum absolute atomic E-state index is 0.778. The van der Waals surface area contributed by atoms with Crippen LogP contribution in [0.2, 0.25) is 0 Å². The number of nitrogens with one attached hydrogen (secondary N) is 2. The third-order valence-corrected chi connectivity index (χ3v) is 4.22. The zero-order valence-corrected chi connectivity index (χ0v) is 13.7. The van der Waals surface area contributed by atoms with Crippen LogP contribution >= 0.6 is 0 Å². The number of anilines is 2. The zero-order valence-electron chi connectivity index (χ0n) is 13.7. The molecule has 0 unspecified atom stereocenters. The maximum Gasteiger partial charge on any atom is 0.133 e. The third-order valence-electron chi connectivity index (χ3n) is 4.22. The summed E-state index contributed by atoms with van der Waals surface area (Å²) >= 11 is 0. The summed E-state index contributed by atoms with van der Waals surface area (Å²) < 4.78 is 0. The van der Waals surface area contributed by atoms with Crippen LogP contribution in [0.5, 0.6) is 0 Å². The largest absolute Gasteiger partial charge is 0.373 e. The number of hydrogen-bond acceptors (Lipinski definition) is 5. The Labute approximate surface area is 128 Å². The van der Waals surface area contributed by atoms with Crippen LogP contribution in [0.1, 0.15) is 44.9 Å². The minimum atomic E-state index is 0.778. The molecule has 1 aromatic rings. The van der Waals surface area contributed by atoms with Gasteiger partial charge in [0.2, 0.25) is 0 Å². The first-order valence-electron chi connectivity index (χ1n) is 8.22. The quantitative estimate of drug-likeness (QED) is 0.771. The molecule has 0 spiro atoms. The van der Waals surface area contributed by atoms with E-state index in [1.165, 1.54) is 25.7 Å². The fraction of sp³-hybridized carbons (Fsp3) is 0.750. The Kier molecular flexibility index (Phi) is 6.23. The van der Waals surface area contributed by atoms with Gasteiger partial charge in [-0.25, -0.2) is 9.97 Å². The molecular weight excluding hydrogens is 262 g/mol. The Balaban J connectivity index is 1.85. The van der Waals surface area contributed by atoms with Crippen molar-refractivity contribution in [2.24, 2.45) is 0 Å². The van der Waals surface area contributed by atoms with Gasteiger partial charge in [-0.3, -0.25) is 0 Å². The summed E-state index contributed by atoms with van der Waals surface area (Å²) in [5.74, 6) is 2.73. The number of likely N-dealkylation sites (N-methyl/N-ethyl adjacent to an activating group) is 1. The van der Waals surface area contributed by atoms with Gasteiger partial charge in [0.1, 0.15) is 17.5 Å². The summed E-state index contributed by atoms with van der Waals surface area (Å²) in [5, 5.41) is 6.55. The summed E-state index contributed by atoms with van der Waals surface area (Å²) in [7, 11) is 4.13. The summed E-state index contributed by atoms with van der Waals surface area (Å²) in [6.45, 7) is 4.14. The Bertz CT molecular complexity index is 429. The standard InChI is InChI=1S/C16H29N5/c1-4-7-14-19-15(17-2)12-16(20-14)18-10-11-21(3)13-8-5-6-9-13/h12-13H,4-11H2,1-3H3,(H2,17,18,19,20). The lowest BCUT2D eigenvalue weighted by molar-refractivity contribution is 0.254. The van der Waals surface area contributed by atoms with E-state index in [1.807, 2.05) is 13.1 Å². The molecule has 0 radical (unpaired) electrons. The molecule has 5 heteroatoms. The molecule has 1 aromatic heterocycles. The lowest BCUT2D eigenvalue weighted by Gasteiger charge is -2.24. The first-order chi connectivity index (χ1) is 10.2. The molecule has 1 heterocycles. The molecule has 1 aliphatic carbocycles. The van der Waals surface area contributed by atoms with Gasteiger partial charge < -0.3 is 15.5 Å². The van der Waals surface area contributed by atoms with E-state index in [0.29, 0.717) is 0 Å². The van der Waals surface area contributed by atoms with Crippen molar-refractivity contribution in [2.45, 2.75) is 51.5 Å². The van der Waals surface area contributed by atoms with Crippen LogP contribution in [-0.2, 0) is 6.42 Å². The van der Waals surface area contributed by atoms with E-state index in [1.54, 1.807) is 0 Å². The highest BCUT2D eigenvalue weighted by atomic mass is 15.2. The molecule has 0 amide bonds. The van der Waals surface area contributed by atoms with Crippen molar-refractivity contribution in [3.63, 3.8) is 0 Å². The number of hydrogen-bond donors (Lipinski definition) is 2. The SMILES string of the molecule is CCCc1nc(NC)cc(NCCN(C)C2CCCC2)n1. The average molecular weight is 291 g/mol. The van der Waals surface area contributed by atoms with Crippen molar-refractivity contribution in [1.29, 1.82) is 0 Å². The molecule has 0 aromatic carbocycles. The van der Waals surface area contributed by atoms with Crippen molar-refractivity contribution in [1.82, 2.24) is 14.9 Å².